The summed E-state index contributed by atoms with van der Waals surface area (Å²) in [5.74, 6) is -1.43. The van der Waals surface area contributed by atoms with Crippen LogP contribution < -0.4 is 10.6 Å². The fraction of sp³-hybridized carbons (Fsp3) is 0.0556. The van der Waals surface area contributed by atoms with Crippen LogP contribution in [-0.4, -0.2) is 21.6 Å². The lowest BCUT2D eigenvalue weighted by Crippen LogP contribution is -2.12. The Kier molecular flexibility index (Phi) is 4.99. The van der Waals surface area contributed by atoms with Crippen LogP contribution in [0.1, 0.15) is 17.3 Å². The van der Waals surface area contributed by atoms with Crippen molar-refractivity contribution < 1.29 is 14.0 Å². The van der Waals surface area contributed by atoms with Crippen molar-refractivity contribution in [3.63, 3.8) is 0 Å². The number of amides is 2. The number of carbonyl (C=O) groups is 2. The normalized spacial score (nSPS) is 10.4. The minimum absolute atomic E-state index is 0.0120. The molecule has 0 saturated carbocycles. The van der Waals surface area contributed by atoms with Gasteiger partial charge in [-0.05, 0) is 30.3 Å². The first-order valence-electron chi connectivity index (χ1n) is 7.62. The molecular formula is C18H14ClFN4O2. The summed E-state index contributed by atoms with van der Waals surface area (Å²) in [5.41, 5.74) is 1.27. The molecule has 0 saturated heterocycles. The lowest BCUT2D eigenvalue weighted by Gasteiger charge is -2.08. The lowest BCUT2D eigenvalue weighted by atomic mass is 10.2. The number of rotatable bonds is 4. The second-order valence-electron chi connectivity index (χ2n) is 5.45. The number of hydrogen-bond donors (Lipinski definition) is 2. The third-order valence-electron chi connectivity index (χ3n) is 3.48. The fourth-order valence-electron chi connectivity index (χ4n) is 2.30. The van der Waals surface area contributed by atoms with Gasteiger partial charge in [0.25, 0.3) is 5.91 Å². The SMILES string of the molecule is CC(=O)Nc1cc(NC(=O)c2cnn(-c3ccccc3Cl)c2)ccc1F. The summed E-state index contributed by atoms with van der Waals surface area (Å²) in [6.07, 6.45) is 2.94. The van der Waals surface area contributed by atoms with Gasteiger partial charge in [-0.25, -0.2) is 9.07 Å². The van der Waals surface area contributed by atoms with E-state index in [9.17, 15) is 14.0 Å². The first-order chi connectivity index (χ1) is 12.4. The van der Waals surface area contributed by atoms with E-state index >= 15 is 0 Å². The van der Waals surface area contributed by atoms with Crippen molar-refractivity contribution in [2.24, 2.45) is 0 Å². The molecule has 0 aliphatic heterocycles. The fourth-order valence-corrected chi connectivity index (χ4v) is 2.52. The van der Waals surface area contributed by atoms with Gasteiger partial charge in [0.2, 0.25) is 5.91 Å². The van der Waals surface area contributed by atoms with Crippen molar-refractivity contribution in [2.45, 2.75) is 6.92 Å². The third kappa shape index (κ3) is 3.89. The highest BCUT2D eigenvalue weighted by Gasteiger charge is 2.12. The number of para-hydroxylation sites is 1. The smallest absolute Gasteiger partial charge is 0.258 e. The Morgan fingerprint density at radius 1 is 1.15 bits per heavy atom. The van der Waals surface area contributed by atoms with Crippen molar-refractivity contribution in [3.05, 3.63) is 71.3 Å². The molecule has 0 aliphatic rings. The Labute approximate surface area is 153 Å². The van der Waals surface area contributed by atoms with Gasteiger partial charge in [-0.3, -0.25) is 9.59 Å². The molecule has 132 valence electrons. The van der Waals surface area contributed by atoms with Gasteiger partial charge in [0.05, 0.1) is 28.2 Å². The second kappa shape index (κ2) is 7.37. The van der Waals surface area contributed by atoms with Gasteiger partial charge < -0.3 is 10.6 Å². The van der Waals surface area contributed by atoms with Crippen molar-refractivity contribution in [1.82, 2.24) is 9.78 Å². The van der Waals surface area contributed by atoms with Crippen LogP contribution in [0.15, 0.2) is 54.9 Å². The Balaban J connectivity index is 1.79. The summed E-state index contributed by atoms with van der Waals surface area (Å²) in [4.78, 5) is 23.5. The highest BCUT2D eigenvalue weighted by molar-refractivity contribution is 6.32. The minimum atomic E-state index is -0.593. The number of carbonyl (C=O) groups excluding carboxylic acids is 2. The van der Waals surface area contributed by atoms with E-state index in [2.05, 4.69) is 15.7 Å². The Morgan fingerprint density at radius 2 is 1.92 bits per heavy atom. The summed E-state index contributed by atoms with van der Waals surface area (Å²) >= 11 is 6.12. The maximum Gasteiger partial charge on any atom is 0.258 e. The molecule has 0 bridgehead atoms. The lowest BCUT2D eigenvalue weighted by molar-refractivity contribution is -0.114. The van der Waals surface area contributed by atoms with Crippen LogP contribution in [0.4, 0.5) is 15.8 Å². The standard InChI is InChI=1S/C18H14ClFN4O2/c1-11(25)22-16-8-13(6-7-15(16)20)23-18(26)12-9-21-24(10-12)17-5-3-2-4-14(17)19/h2-10H,1H3,(H,22,25)(H,23,26). The molecule has 1 heterocycles. The Morgan fingerprint density at radius 3 is 2.65 bits per heavy atom. The molecule has 2 N–H and O–H groups in total. The topological polar surface area (TPSA) is 76.0 Å². The van der Waals surface area contributed by atoms with Gasteiger partial charge in [0.1, 0.15) is 5.82 Å². The average molecular weight is 373 g/mol. The molecule has 0 radical (unpaired) electrons. The van der Waals surface area contributed by atoms with E-state index in [1.54, 1.807) is 18.2 Å². The number of nitrogens with zero attached hydrogens (tertiary/aromatic N) is 2. The zero-order valence-electron chi connectivity index (χ0n) is 13.7. The molecule has 3 rings (SSSR count). The van der Waals surface area contributed by atoms with E-state index in [-0.39, 0.29) is 5.69 Å². The molecule has 0 aliphatic carbocycles. The second-order valence-corrected chi connectivity index (χ2v) is 5.86. The number of benzene rings is 2. The van der Waals surface area contributed by atoms with Gasteiger partial charge in [0.15, 0.2) is 0 Å². The van der Waals surface area contributed by atoms with Crippen molar-refractivity contribution in [1.29, 1.82) is 0 Å². The number of anilines is 2. The maximum atomic E-state index is 13.7. The van der Waals surface area contributed by atoms with Gasteiger partial charge in [-0.15, -0.1) is 0 Å². The molecule has 26 heavy (non-hydrogen) atoms. The van der Waals surface area contributed by atoms with E-state index in [1.807, 2.05) is 6.07 Å². The quantitative estimate of drug-likeness (QED) is 0.729. The Bertz CT molecular complexity index is 987. The van der Waals surface area contributed by atoms with Crippen molar-refractivity contribution in [2.75, 3.05) is 10.6 Å². The van der Waals surface area contributed by atoms with Crippen LogP contribution in [0.25, 0.3) is 5.69 Å². The number of halogens is 2. The summed E-state index contributed by atoms with van der Waals surface area (Å²) in [7, 11) is 0. The molecule has 0 fully saturated rings. The molecule has 0 unspecified atom stereocenters. The van der Waals surface area contributed by atoms with E-state index in [0.29, 0.717) is 22.0 Å². The zero-order chi connectivity index (χ0) is 18.7. The van der Waals surface area contributed by atoms with Crippen LogP contribution in [0.3, 0.4) is 0 Å². The molecular weight excluding hydrogens is 359 g/mol. The zero-order valence-corrected chi connectivity index (χ0v) is 14.4. The highest BCUT2D eigenvalue weighted by Crippen LogP contribution is 2.22. The summed E-state index contributed by atoms with van der Waals surface area (Å²) in [6, 6.07) is 11.0. The highest BCUT2D eigenvalue weighted by atomic mass is 35.5. The number of aromatic nitrogens is 2. The van der Waals surface area contributed by atoms with Crippen molar-refractivity contribution >= 4 is 34.8 Å². The van der Waals surface area contributed by atoms with Crippen molar-refractivity contribution in [3.8, 4) is 5.69 Å². The molecule has 0 atom stereocenters. The monoisotopic (exact) mass is 372 g/mol. The van der Waals surface area contributed by atoms with Crippen LogP contribution >= 0.6 is 11.6 Å². The average Bonchev–Trinajstić information content (AvgIpc) is 3.08. The first kappa shape index (κ1) is 17.6. The van der Waals surface area contributed by atoms with E-state index in [0.717, 1.165) is 6.07 Å². The molecule has 3 aromatic rings. The van der Waals surface area contributed by atoms with E-state index in [1.165, 1.54) is 36.1 Å². The van der Waals surface area contributed by atoms with E-state index < -0.39 is 17.6 Å². The molecule has 6 nitrogen and oxygen atoms in total. The van der Waals surface area contributed by atoms with Gasteiger partial charge in [-0.2, -0.15) is 5.10 Å². The molecule has 2 aromatic carbocycles. The largest absolute Gasteiger partial charge is 0.324 e. The van der Waals surface area contributed by atoms with Crippen LogP contribution in [0.2, 0.25) is 5.02 Å². The summed E-state index contributed by atoms with van der Waals surface area (Å²) < 4.78 is 15.2. The molecule has 8 heteroatoms. The number of hydrogen-bond acceptors (Lipinski definition) is 3. The maximum absolute atomic E-state index is 13.7. The Hall–Kier alpha value is -3.19. The molecule has 0 spiro atoms. The van der Waals surface area contributed by atoms with Crippen LogP contribution in [0, 0.1) is 5.82 Å². The molecule has 2 amide bonds. The summed E-state index contributed by atoms with van der Waals surface area (Å²) in [6.45, 7) is 1.27. The third-order valence-corrected chi connectivity index (χ3v) is 3.80. The van der Waals surface area contributed by atoms with Gasteiger partial charge >= 0.3 is 0 Å². The first-order valence-corrected chi connectivity index (χ1v) is 8.00. The summed E-state index contributed by atoms with van der Waals surface area (Å²) in [5, 5.41) is 9.63. The van der Waals surface area contributed by atoms with Gasteiger partial charge in [0, 0.05) is 18.8 Å². The predicted molar refractivity (Wildman–Crippen MR) is 97.2 cm³/mol. The van der Waals surface area contributed by atoms with E-state index in [4.69, 9.17) is 11.6 Å². The predicted octanol–water partition coefficient (Wildman–Crippen LogP) is 3.88. The van der Waals surface area contributed by atoms with Gasteiger partial charge in [-0.1, -0.05) is 23.7 Å². The van der Waals surface area contributed by atoms with Crippen LogP contribution in [-0.2, 0) is 4.79 Å². The van der Waals surface area contributed by atoms with Crippen LogP contribution in [0.5, 0.6) is 0 Å². The molecule has 1 aromatic heterocycles. The minimum Gasteiger partial charge on any atom is -0.324 e. The number of nitrogens with one attached hydrogen (secondary N) is 2.